The van der Waals surface area contributed by atoms with Crippen molar-refractivity contribution in [3.8, 4) is 0 Å². The molecule has 0 radical (unpaired) electrons. The molecule has 15 heavy (non-hydrogen) atoms. The zero-order valence-electron chi connectivity index (χ0n) is 8.01. The second kappa shape index (κ2) is 3.29. The average molecular weight is 223 g/mol. The zero-order valence-corrected chi connectivity index (χ0v) is 8.82. The maximum absolute atomic E-state index is 10.9. The molecule has 0 bridgehead atoms. The van der Waals surface area contributed by atoms with Crippen molar-refractivity contribution in [2.45, 2.75) is 11.9 Å². The van der Waals surface area contributed by atoms with Crippen molar-refractivity contribution in [1.82, 2.24) is 4.98 Å². The summed E-state index contributed by atoms with van der Waals surface area (Å²) in [5.41, 5.74) is 1.33. The van der Waals surface area contributed by atoms with Crippen LogP contribution in [0.25, 0.3) is 10.9 Å². The number of hydrogen-bond acceptors (Lipinski definition) is 3. The molecule has 0 saturated heterocycles. The van der Waals surface area contributed by atoms with Gasteiger partial charge in [-0.25, -0.2) is 4.98 Å². The number of nitrogens with zero attached hydrogens (tertiary/aromatic N) is 1. The Labute approximate surface area is 87.3 Å². The van der Waals surface area contributed by atoms with Gasteiger partial charge in [-0.3, -0.25) is 4.55 Å². The average Bonchev–Trinajstić information content (AvgIpc) is 2.16. The number of pyridine rings is 1. The molecule has 0 fully saturated rings. The van der Waals surface area contributed by atoms with Gasteiger partial charge in [-0.15, -0.1) is 0 Å². The van der Waals surface area contributed by atoms with Gasteiger partial charge >= 0.3 is 10.1 Å². The van der Waals surface area contributed by atoms with Gasteiger partial charge in [0.05, 0.1) is 5.52 Å². The molecule has 0 aliphatic heterocycles. The van der Waals surface area contributed by atoms with Crippen LogP contribution in [0.4, 0.5) is 0 Å². The van der Waals surface area contributed by atoms with Crippen molar-refractivity contribution in [1.29, 1.82) is 0 Å². The lowest BCUT2D eigenvalue weighted by molar-refractivity contribution is 0.479. The summed E-state index contributed by atoms with van der Waals surface area (Å²) in [6.07, 6.45) is 0. The second-order valence-electron chi connectivity index (χ2n) is 3.27. The zero-order chi connectivity index (χ0) is 11.1. The van der Waals surface area contributed by atoms with Crippen molar-refractivity contribution in [3.05, 3.63) is 35.9 Å². The maximum Gasteiger partial charge on any atom is 0.312 e. The fraction of sp³-hybridized carbons (Fsp3) is 0.100. The first-order chi connectivity index (χ1) is 6.98. The predicted octanol–water partition coefficient (Wildman–Crippen LogP) is 1.79. The third-order valence-electron chi connectivity index (χ3n) is 2.16. The molecule has 0 aliphatic carbocycles. The number of rotatable bonds is 1. The molecule has 0 unspecified atom stereocenters. The highest BCUT2D eigenvalue weighted by Crippen LogP contribution is 2.19. The van der Waals surface area contributed by atoms with E-state index in [1.54, 1.807) is 19.1 Å². The molecule has 1 N–H and O–H groups in total. The monoisotopic (exact) mass is 223 g/mol. The smallest absolute Gasteiger partial charge is 0.281 e. The van der Waals surface area contributed by atoms with Gasteiger partial charge < -0.3 is 0 Å². The summed E-state index contributed by atoms with van der Waals surface area (Å²) in [6, 6.07) is 8.53. The lowest BCUT2D eigenvalue weighted by Gasteiger charge is -2.03. The van der Waals surface area contributed by atoms with Crippen LogP contribution in [-0.4, -0.2) is 18.0 Å². The number of para-hydroxylation sites is 1. The summed E-state index contributed by atoms with van der Waals surface area (Å²) < 4.78 is 30.7. The molecule has 1 aromatic heterocycles. The molecule has 0 amide bonds. The molecule has 0 atom stereocenters. The minimum Gasteiger partial charge on any atom is -0.281 e. The Morgan fingerprint density at radius 2 is 1.93 bits per heavy atom. The molecule has 1 heterocycles. The maximum atomic E-state index is 10.9. The van der Waals surface area contributed by atoms with E-state index < -0.39 is 10.1 Å². The van der Waals surface area contributed by atoms with E-state index in [1.807, 2.05) is 12.1 Å². The molecular weight excluding hydrogens is 214 g/mol. The summed E-state index contributed by atoms with van der Waals surface area (Å²) in [6.45, 7) is 1.78. The lowest BCUT2D eigenvalue weighted by Crippen LogP contribution is -2.02. The summed E-state index contributed by atoms with van der Waals surface area (Å²) in [7, 11) is -4.23. The molecular formula is C10H9NO3S. The number of aromatic nitrogens is 1. The van der Waals surface area contributed by atoms with Crippen LogP contribution in [0.3, 0.4) is 0 Å². The fourth-order valence-electron chi connectivity index (χ4n) is 1.45. The van der Waals surface area contributed by atoms with Crippen LogP contribution in [-0.2, 0) is 10.1 Å². The Balaban J connectivity index is 2.85. The highest BCUT2D eigenvalue weighted by molar-refractivity contribution is 7.85. The van der Waals surface area contributed by atoms with Gasteiger partial charge in [-0.05, 0) is 24.6 Å². The summed E-state index contributed by atoms with van der Waals surface area (Å²) >= 11 is 0. The topological polar surface area (TPSA) is 67.3 Å². The molecule has 2 aromatic rings. The van der Waals surface area contributed by atoms with E-state index in [-0.39, 0.29) is 5.03 Å². The number of hydrogen-bond donors (Lipinski definition) is 1. The van der Waals surface area contributed by atoms with Gasteiger partial charge in [0.15, 0.2) is 5.03 Å². The van der Waals surface area contributed by atoms with Gasteiger partial charge in [0.1, 0.15) is 0 Å². The Morgan fingerprint density at radius 1 is 1.27 bits per heavy atom. The molecule has 0 spiro atoms. The third-order valence-corrected chi connectivity index (χ3v) is 2.90. The molecule has 4 nitrogen and oxygen atoms in total. The van der Waals surface area contributed by atoms with Crippen molar-refractivity contribution in [2.24, 2.45) is 0 Å². The molecule has 78 valence electrons. The number of aryl methyl sites for hydroxylation is 1. The minimum atomic E-state index is -4.23. The van der Waals surface area contributed by atoms with E-state index in [0.717, 1.165) is 10.9 Å². The highest BCUT2D eigenvalue weighted by atomic mass is 32.2. The van der Waals surface area contributed by atoms with Gasteiger partial charge in [-0.2, -0.15) is 8.42 Å². The van der Waals surface area contributed by atoms with Crippen LogP contribution < -0.4 is 0 Å². The Kier molecular flexibility index (Phi) is 2.21. The molecule has 5 heteroatoms. The Hall–Kier alpha value is -1.46. The Bertz CT molecular complexity index is 620. The number of benzene rings is 1. The first-order valence-corrected chi connectivity index (χ1v) is 5.76. The Morgan fingerprint density at radius 3 is 2.60 bits per heavy atom. The summed E-state index contributed by atoms with van der Waals surface area (Å²) in [4.78, 5) is 3.87. The van der Waals surface area contributed by atoms with Crippen molar-refractivity contribution < 1.29 is 13.0 Å². The van der Waals surface area contributed by atoms with Crippen LogP contribution in [0.15, 0.2) is 35.4 Å². The van der Waals surface area contributed by atoms with Crippen LogP contribution >= 0.6 is 0 Å². The van der Waals surface area contributed by atoms with E-state index in [9.17, 15) is 8.42 Å². The van der Waals surface area contributed by atoms with Gasteiger partial charge in [-0.1, -0.05) is 18.2 Å². The van der Waals surface area contributed by atoms with E-state index in [4.69, 9.17) is 4.55 Å². The van der Waals surface area contributed by atoms with E-state index in [2.05, 4.69) is 4.98 Å². The van der Waals surface area contributed by atoms with E-state index >= 15 is 0 Å². The summed E-state index contributed by atoms with van der Waals surface area (Å²) in [5.74, 6) is 0. The third kappa shape index (κ3) is 1.84. The van der Waals surface area contributed by atoms with Gasteiger partial charge in [0.25, 0.3) is 0 Å². The van der Waals surface area contributed by atoms with Crippen LogP contribution in [0, 0.1) is 6.92 Å². The molecule has 2 rings (SSSR count). The minimum absolute atomic E-state index is 0.307. The van der Waals surface area contributed by atoms with Crippen LogP contribution in [0.2, 0.25) is 0 Å². The second-order valence-corrected chi connectivity index (χ2v) is 4.64. The molecule has 0 aliphatic rings. The molecule has 0 saturated carbocycles. The first-order valence-electron chi connectivity index (χ1n) is 4.32. The number of fused-ring (bicyclic) bond motifs is 1. The normalized spacial score (nSPS) is 11.9. The summed E-state index contributed by atoms with van der Waals surface area (Å²) in [5, 5.41) is 0.573. The van der Waals surface area contributed by atoms with Crippen molar-refractivity contribution >= 4 is 21.0 Å². The highest BCUT2D eigenvalue weighted by Gasteiger charge is 2.13. The fourth-order valence-corrected chi connectivity index (χ4v) is 1.99. The SMILES string of the molecule is Cc1cc(S(=O)(=O)O)nc2ccccc12. The van der Waals surface area contributed by atoms with E-state index in [0.29, 0.717) is 5.52 Å². The van der Waals surface area contributed by atoms with Crippen molar-refractivity contribution in [3.63, 3.8) is 0 Å². The van der Waals surface area contributed by atoms with Crippen molar-refractivity contribution in [2.75, 3.05) is 0 Å². The van der Waals surface area contributed by atoms with Gasteiger partial charge in [0.2, 0.25) is 0 Å². The lowest BCUT2D eigenvalue weighted by atomic mass is 10.1. The largest absolute Gasteiger partial charge is 0.312 e. The van der Waals surface area contributed by atoms with Crippen LogP contribution in [0.5, 0.6) is 0 Å². The standard InChI is InChI=1S/C10H9NO3S/c1-7-6-10(15(12,13)14)11-9-5-3-2-4-8(7)9/h2-6H,1H3,(H,12,13,14). The van der Waals surface area contributed by atoms with E-state index in [1.165, 1.54) is 6.07 Å². The van der Waals surface area contributed by atoms with Crippen LogP contribution in [0.1, 0.15) is 5.56 Å². The quantitative estimate of drug-likeness (QED) is 0.748. The molecule has 1 aromatic carbocycles. The first kappa shape index (κ1) is 10.1. The predicted molar refractivity (Wildman–Crippen MR) is 56.3 cm³/mol. The van der Waals surface area contributed by atoms with Gasteiger partial charge in [0, 0.05) is 5.39 Å².